The first-order valence-corrected chi connectivity index (χ1v) is 10.8. The predicted octanol–water partition coefficient (Wildman–Crippen LogP) is 3.13. The van der Waals surface area contributed by atoms with Crippen molar-refractivity contribution in [2.75, 3.05) is 13.2 Å². The van der Waals surface area contributed by atoms with E-state index in [1.807, 2.05) is 13.8 Å². The van der Waals surface area contributed by atoms with Gasteiger partial charge in [0.15, 0.2) is 0 Å². The summed E-state index contributed by atoms with van der Waals surface area (Å²) in [4.78, 5) is 19.8. The van der Waals surface area contributed by atoms with Gasteiger partial charge in [0, 0.05) is 24.1 Å². The van der Waals surface area contributed by atoms with Crippen molar-refractivity contribution in [2.24, 2.45) is 5.92 Å². The number of fused-ring (bicyclic) bond motifs is 3. The maximum Gasteiger partial charge on any atom is 0.262 e. The van der Waals surface area contributed by atoms with E-state index in [0.29, 0.717) is 19.2 Å². The number of hydrogen-bond donors (Lipinski definition) is 1. The predicted molar refractivity (Wildman–Crippen MR) is 106 cm³/mol. The highest BCUT2D eigenvalue weighted by atomic mass is 32.1. The SMILES string of the molecule is CC(C)OCCCn1cnc2sc3c(c2c1=O)CCC(NCC1CC1)C3. The fraction of sp³-hybridized carbons (Fsp3) is 0.700. The van der Waals surface area contributed by atoms with E-state index in [-0.39, 0.29) is 11.7 Å². The van der Waals surface area contributed by atoms with Crippen LogP contribution in [0.25, 0.3) is 10.2 Å². The summed E-state index contributed by atoms with van der Waals surface area (Å²) < 4.78 is 7.34. The van der Waals surface area contributed by atoms with E-state index in [9.17, 15) is 4.79 Å². The van der Waals surface area contributed by atoms with Gasteiger partial charge >= 0.3 is 0 Å². The average Bonchev–Trinajstić information content (AvgIpc) is 3.37. The van der Waals surface area contributed by atoms with Gasteiger partial charge in [0.05, 0.1) is 17.8 Å². The lowest BCUT2D eigenvalue weighted by Crippen LogP contribution is -2.35. The van der Waals surface area contributed by atoms with Gasteiger partial charge in [-0.25, -0.2) is 4.98 Å². The number of nitrogens with one attached hydrogen (secondary N) is 1. The van der Waals surface area contributed by atoms with Crippen LogP contribution in [0.3, 0.4) is 0 Å². The smallest absolute Gasteiger partial charge is 0.262 e. The lowest BCUT2D eigenvalue weighted by Gasteiger charge is -2.23. The van der Waals surface area contributed by atoms with Gasteiger partial charge in [-0.3, -0.25) is 9.36 Å². The Labute approximate surface area is 158 Å². The third-order valence-electron chi connectivity index (χ3n) is 5.42. The molecule has 0 spiro atoms. The van der Waals surface area contributed by atoms with E-state index in [1.54, 1.807) is 22.2 Å². The number of hydrogen-bond acceptors (Lipinski definition) is 5. The monoisotopic (exact) mass is 375 g/mol. The second-order valence-electron chi connectivity index (χ2n) is 7.99. The molecule has 1 unspecified atom stereocenters. The number of rotatable bonds is 8. The maximum absolute atomic E-state index is 13.0. The van der Waals surface area contributed by atoms with Crippen molar-refractivity contribution >= 4 is 21.6 Å². The largest absolute Gasteiger partial charge is 0.379 e. The van der Waals surface area contributed by atoms with Gasteiger partial charge < -0.3 is 10.1 Å². The van der Waals surface area contributed by atoms with Crippen molar-refractivity contribution in [1.29, 1.82) is 0 Å². The molecule has 2 aliphatic carbocycles. The normalized spacial score (nSPS) is 20.0. The molecule has 4 rings (SSSR count). The highest BCUT2D eigenvalue weighted by molar-refractivity contribution is 7.18. The van der Waals surface area contributed by atoms with Gasteiger partial charge in [0.25, 0.3) is 5.56 Å². The molecule has 0 aliphatic heterocycles. The first kappa shape index (κ1) is 18.1. The molecule has 2 aromatic heterocycles. The molecule has 142 valence electrons. The topological polar surface area (TPSA) is 56.2 Å². The second-order valence-corrected chi connectivity index (χ2v) is 9.08. The molecule has 1 fully saturated rings. The van der Waals surface area contributed by atoms with Gasteiger partial charge in [-0.1, -0.05) is 0 Å². The van der Waals surface area contributed by atoms with Crippen molar-refractivity contribution in [3.63, 3.8) is 0 Å². The molecule has 0 saturated heterocycles. The second kappa shape index (κ2) is 7.79. The van der Waals surface area contributed by atoms with Gasteiger partial charge in [-0.15, -0.1) is 11.3 Å². The Kier molecular flexibility index (Phi) is 5.43. The van der Waals surface area contributed by atoms with Crippen LogP contribution in [0.2, 0.25) is 0 Å². The van der Waals surface area contributed by atoms with Crippen molar-refractivity contribution < 1.29 is 4.74 Å². The van der Waals surface area contributed by atoms with Gasteiger partial charge in [-0.2, -0.15) is 0 Å². The Bertz CT molecular complexity index is 822. The molecule has 2 aromatic rings. The van der Waals surface area contributed by atoms with Crippen LogP contribution in [0.4, 0.5) is 0 Å². The Morgan fingerprint density at radius 3 is 3.00 bits per heavy atom. The van der Waals surface area contributed by atoms with E-state index >= 15 is 0 Å². The molecule has 1 saturated carbocycles. The summed E-state index contributed by atoms with van der Waals surface area (Å²) in [5.41, 5.74) is 1.39. The molecule has 1 N–H and O–H groups in total. The number of aromatic nitrogens is 2. The van der Waals surface area contributed by atoms with Crippen molar-refractivity contribution in [3.8, 4) is 0 Å². The molecular weight excluding hydrogens is 346 g/mol. The fourth-order valence-corrected chi connectivity index (χ4v) is 5.00. The molecule has 0 amide bonds. The number of nitrogens with zero attached hydrogens (tertiary/aromatic N) is 2. The Hall–Kier alpha value is -1.24. The van der Waals surface area contributed by atoms with Gasteiger partial charge in [-0.05, 0) is 70.4 Å². The van der Waals surface area contributed by atoms with Gasteiger partial charge in [0.2, 0.25) is 0 Å². The fourth-order valence-electron chi connectivity index (χ4n) is 3.74. The third-order valence-corrected chi connectivity index (χ3v) is 6.58. The van der Waals surface area contributed by atoms with Crippen LogP contribution in [-0.2, 0) is 24.1 Å². The van der Waals surface area contributed by atoms with Crippen molar-refractivity contribution in [3.05, 3.63) is 27.1 Å². The lowest BCUT2D eigenvalue weighted by atomic mass is 9.93. The van der Waals surface area contributed by atoms with Crippen LogP contribution < -0.4 is 10.9 Å². The number of ether oxygens (including phenoxy) is 1. The first-order valence-electron chi connectivity index (χ1n) is 9.96. The zero-order valence-corrected chi connectivity index (χ0v) is 16.6. The highest BCUT2D eigenvalue weighted by Crippen LogP contribution is 2.34. The van der Waals surface area contributed by atoms with Crippen LogP contribution in [0.15, 0.2) is 11.1 Å². The summed E-state index contributed by atoms with van der Waals surface area (Å²) in [6.45, 7) is 6.58. The molecule has 0 aromatic carbocycles. The quantitative estimate of drug-likeness (QED) is 0.720. The van der Waals surface area contributed by atoms with Crippen LogP contribution in [0, 0.1) is 5.92 Å². The molecule has 5 nitrogen and oxygen atoms in total. The molecule has 2 aliphatic rings. The molecule has 26 heavy (non-hydrogen) atoms. The molecular formula is C20H29N3O2S. The summed E-state index contributed by atoms with van der Waals surface area (Å²) in [7, 11) is 0. The summed E-state index contributed by atoms with van der Waals surface area (Å²) in [6.07, 6.45) is 8.73. The van der Waals surface area contributed by atoms with Crippen molar-refractivity contribution in [1.82, 2.24) is 14.9 Å². The number of thiophene rings is 1. The standard InChI is InChI=1S/C20H29N3O2S/c1-13(2)25-9-3-8-23-12-22-19-18(20(23)24)16-7-6-15(10-17(16)26-19)21-11-14-4-5-14/h12-15,21H,3-11H2,1-2H3. The van der Waals surface area contributed by atoms with E-state index < -0.39 is 0 Å². The zero-order chi connectivity index (χ0) is 18.1. The Balaban J connectivity index is 1.48. The van der Waals surface area contributed by atoms with E-state index in [1.165, 1.54) is 23.3 Å². The highest BCUT2D eigenvalue weighted by Gasteiger charge is 2.27. The third kappa shape index (κ3) is 4.02. The molecule has 0 radical (unpaired) electrons. The van der Waals surface area contributed by atoms with Gasteiger partial charge in [0.1, 0.15) is 4.83 Å². The first-order chi connectivity index (χ1) is 12.6. The Morgan fingerprint density at radius 2 is 2.23 bits per heavy atom. The average molecular weight is 376 g/mol. The summed E-state index contributed by atoms with van der Waals surface area (Å²) in [6, 6.07) is 0.562. The van der Waals surface area contributed by atoms with Crippen LogP contribution in [0.1, 0.15) is 50.0 Å². The van der Waals surface area contributed by atoms with Crippen molar-refractivity contribution in [2.45, 2.75) is 71.1 Å². The van der Waals surface area contributed by atoms with Crippen LogP contribution in [0.5, 0.6) is 0 Å². The Morgan fingerprint density at radius 1 is 1.38 bits per heavy atom. The maximum atomic E-state index is 13.0. The molecule has 1 atom stereocenters. The molecule has 2 heterocycles. The zero-order valence-electron chi connectivity index (χ0n) is 15.8. The van der Waals surface area contributed by atoms with E-state index in [0.717, 1.165) is 48.4 Å². The minimum atomic E-state index is 0.126. The van der Waals surface area contributed by atoms with E-state index in [4.69, 9.17) is 4.74 Å². The lowest BCUT2D eigenvalue weighted by molar-refractivity contribution is 0.0747. The van der Waals surface area contributed by atoms with E-state index in [2.05, 4.69) is 10.3 Å². The van der Waals surface area contributed by atoms with Crippen LogP contribution >= 0.6 is 11.3 Å². The van der Waals surface area contributed by atoms with Crippen LogP contribution in [-0.4, -0.2) is 34.8 Å². The minimum absolute atomic E-state index is 0.126. The number of aryl methyl sites for hydroxylation is 2. The summed E-state index contributed by atoms with van der Waals surface area (Å²) >= 11 is 1.72. The minimum Gasteiger partial charge on any atom is -0.379 e. The molecule has 0 bridgehead atoms. The molecule has 6 heteroatoms. The summed E-state index contributed by atoms with van der Waals surface area (Å²) in [5, 5.41) is 4.60. The summed E-state index contributed by atoms with van der Waals surface area (Å²) in [5.74, 6) is 0.910.